The number of benzene rings is 4. The second kappa shape index (κ2) is 8.05. The van der Waals surface area contributed by atoms with Crippen molar-refractivity contribution in [1.82, 2.24) is 9.13 Å². The van der Waals surface area contributed by atoms with Crippen molar-refractivity contribution in [1.29, 1.82) is 0 Å². The van der Waals surface area contributed by atoms with Gasteiger partial charge in [-0.3, -0.25) is 9.13 Å². The second-order valence-electron chi connectivity index (χ2n) is 7.44. The minimum Gasteiger partial charge on any atom is -0.294 e. The standard InChI is InChI=1S/C26H16N2S4/c29-25(27-21-13-5-1-9-17(21)18-10-2-6-14-22(18)27)31-32-26(30)28-23-15-7-3-11-19(23)20-12-4-8-16-24(20)28/h1-16H. The van der Waals surface area contributed by atoms with Gasteiger partial charge in [-0.2, -0.15) is 0 Å². The van der Waals surface area contributed by atoms with Crippen LogP contribution in [-0.4, -0.2) is 17.8 Å². The van der Waals surface area contributed by atoms with Gasteiger partial charge in [0.1, 0.15) is 0 Å². The monoisotopic (exact) mass is 484 g/mol. The van der Waals surface area contributed by atoms with Gasteiger partial charge in [-0.1, -0.05) is 97.2 Å². The van der Waals surface area contributed by atoms with Gasteiger partial charge in [0.05, 0.1) is 22.1 Å². The summed E-state index contributed by atoms with van der Waals surface area (Å²) < 4.78 is 5.87. The average molecular weight is 485 g/mol. The van der Waals surface area contributed by atoms with Crippen molar-refractivity contribution < 1.29 is 0 Å². The second-order valence-corrected chi connectivity index (χ2v) is 10.8. The fourth-order valence-corrected chi connectivity index (χ4v) is 6.95. The highest BCUT2D eigenvalue weighted by atomic mass is 33.1. The molecule has 0 saturated heterocycles. The maximum absolute atomic E-state index is 5.90. The number of hydrogen-bond donors (Lipinski definition) is 0. The predicted octanol–water partition coefficient (Wildman–Crippen LogP) is 8.25. The average Bonchev–Trinajstić information content (AvgIpc) is 3.36. The Morgan fingerprint density at radius 3 is 0.969 bits per heavy atom. The first-order chi connectivity index (χ1) is 15.7. The zero-order valence-corrected chi connectivity index (χ0v) is 20.0. The van der Waals surface area contributed by atoms with E-state index in [9.17, 15) is 0 Å². The topological polar surface area (TPSA) is 9.86 Å². The quantitative estimate of drug-likeness (QED) is 0.159. The minimum atomic E-state index is 0.774. The van der Waals surface area contributed by atoms with E-state index in [1.54, 1.807) is 0 Å². The molecule has 0 unspecified atom stereocenters. The summed E-state index contributed by atoms with van der Waals surface area (Å²) in [5.41, 5.74) is 4.48. The molecular weight excluding hydrogens is 469 g/mol. The van der Waals surface area contributed by atoms with Crippen molar-refractivity contribution in [2.45, 2.75) is 0 Å². The molecule has 0 N–H and O–H groups in total. The summed E-state index contributed by atoms with van der Waals surface area (Å²) in [6.45, 7) is 0. The van der Waals surface area contributed by atoms with Gasteiger partial charge < -0.3 is 0 Å². The SMILES string of the molecule is S=C(SSC(=S)n1c2ccccc2c2ccccc21)n1c2ccccc2c2ccccc21. The number of aromatic nitrogens is 2. The number of para-hydroxylation sites is 4. The number of nitrogens with zero attached hydrogens (tertiary/aromatic N) is 2. The molecule has 0 radical (unpaired) electrons. The summed E-state index contributed by atoms with van der Waals surface area (Å²) in [5, 5.41) is 4.84. The molecule has 4 aromatic carbocycles. The van der Waals surface area contributed by atoms with Crippen LogP contribution in [0.5, 0.6) is 0 Å². The molecule has 0 aliphatic rings. The molecule has 0 amide bonds. The van der Waals surface area contributed by atoms with Crippen LogP contribution >= 0.6 is 46.0 Å². The Balaban J connectivity index is 1.38. The number of thiocarbonyl (C=S) groups is 2. The third-order valence-corrected chi connectivity index (χ3v) is 9.14. The van der Waals surface area contributed by atoms with Crippen molar-refractivity contribution >= 4 is 98.3 Å². The van der Waals surface area contributed by atoms with Crippen LogP contribution < -0.4 is 0 Å². The Hall–Kier alpha value is -2.64. The van der Waals surface area contributed by atoms with Gasteiger partial charge in [0.25, 0.3) is 0 Å². The molecule has 6 aromatic rings. The van der Waals surface area contributed by atoms with Crippen molar-refractivity contribution in [3.8, 4) is 0 Å². The Labute approximate surface area is 203 Å². The van der Waals surface area contributed by atoms with E-state index in [0.29, 0.717) is 0 Å². The fraction of sp³-hybridized carbons (Fsp3) is 0. The van der Waals surface area contributed by atoms with Crippen LogP contribution in [0.25, 0.3) is 43.6 Å². The van der Waals surface area contributed by atoms with Crippen LogP contribution in [0.2, 0.25) is 0 Å². The summed E-state index contributed by atoms with van der Waals surface area (Å²) in [6, 6.07) is 33.6. The maximum Gasteiger partial charge on any atom is 0.156 e. The Bertz CT molecular complexity index is 1440. The van der Waals surface area contributed by atoms with E-state index in [-0.39, 0.29) is 0 Å². The fourth-order valence-electron chi connectivity index (χ4n) is 4.38. The predicted molar refractivity (Wildman–Crippen MR) is 150 cm³/mol. The third-order valence-electron chi connectivity index (χ3n) is 5.71. The summed E-state index contributed by atoms with van der Waals surface area (Å²) in [5.74, 6) is 0. The maximum atomic E-state index is 5.90. The normalized spacial score (nSPS) is 11.6. The minimum absolute atomic E-state index is 0.774. The van der Waals surface area contributed by atoms with E-state index in [0.717, 1.165) is 30.7 Å². The smallest absolute Gasteiger partial charge is 0.156 e. The first kappa shape index (κ1) is 20.0. The molecule has 0 bridgehead atoms. The van der Waals surface area contributed by atoms with Crippen LogP contribution in [-0.2, 0) is 0 Å². The van der Waals surface area contributed by atoms with E-state index in [1.807, 2.05) is 0 Å². The zero-order valence-electron chi connectivity index (χ0n) is 16.8. The molecule has 0 aliphatic heterocycles. The van der Waals surface area contributed by atoms with Crippen molar-refractivity contribution in [3.63, 3.8) is 0 Å². The summed E-state index contributed by atoms with van der Waals surface area (Å²) in [6.07, 6.45) is 0. The third kappa shape index (κ3) is 3.10. The van der Waals surface area contributed by atoms with Gasteiger partial charge in [-0.25, -0.2) is 0 Å². The van der Waals surface area contributed by atoms with Gasteiger partial charge in [-0.15, -0.1) is 0 Å². The Morgan fingerprint density at radius 1 is 0.438 bits per heavy atom. The van der Waals surface area contributed by atoms with Gasteiger partial charge in [0.15, 0.2) is 8.64 Å². The van der Waals surface area contributed by atoms with E-state index in [4.69, 9.17) is 24.4 Å². The highest BCUT2D eigenvalue weighted by Crippen LogP contribution is 2.37. The molecule has 0 saturated carbocycles. The first-order valence-electron chi connectivity index (χ1n) is 10.1. The van der Waals surface area contributed by atoms with E-state index in [2.05, 4.69) is 106 Å². The highest BCUT2D eigenvalue weighted by molar-refractivity contribution is 8.89. The lowest BCUT2D eigenvalue weighted by Gasteiger charge is -2.11. The molecule has 2 nitrogen and oxygen atoms in total. The Kier molecular flexibility index (Phi) is 5.03. The highest BCUT2D eigenvalue weighted by Gasteiger charge is 2.17. The van der Waals surface area contributed by atoms with Gasteiger partial charge in [-0.05, 0) is 45.9 Å². The lowest BCUT2D eigenvalue weighted by molar-refractivity contribution is 1.34. The largest absolute Gasteiger partial charge is 0.294 e. The molecule has 6 rings (SSSR count). The van der Waals surface area contributed by atoms with Crippen LogP contribution in [0.4, 0.5) is 0 Å². The van der Waals surface area contributed by atoms with Gasteiger partial charge in [0, 0.05) is 21.5 Å². The van der Waals surface area contributed by atoms with Gasteiger partial charge in [0.2, 0.25) is 0 Å². The zero-order chi connectivity index (χ0) is 21.7. The molecule has 0 atom stereocenters. The molecule has 2 aromatic heterocycles. The lowest BCUT2D eigenvalue weighted by Crippen LogP contribution is -2.06. The van der Waals surface area contributed by atoms with Crippen LogP contribution in [0.15, 0.2) is 97.1 Å². The Morgan fingerprint density at radius 2 is 0.688 bits per heavy atom. The summed E-state index contributed by atoms with van der Waals surface area (Å²) in [7, 11) is 3.07. The summed E-state index contributed by atoms with van der Waals surface area (Å²) >= 11 is 11.8. The molecular formula is C26H16N2S4. The van der Waals surface area contributed by atoms with E-state index < -0.39 is 0 Å². The van der Waals surface area contributed by atoms with E-state index >= 15 is 0 Å². The van der Waals surface area contributed by atoms with Crippen LogP contribution in [0.1, 0.15) is 0 Å². The van der Waals surface area contributed by atoms with Crippen LogP contribution in [0, 0.1) is 0 Å². The first-order valence-corrected chi connectivity index (χ1v) is 13.1. The van der Waals surface area contributed by atoms with Crippen molar-refractivity contribution in [2.24, 2.45) is 0 Å². The van der Waals surface area contributed by atoms with E-state index in [1.165, 1.54) is 43.1 Å². The molecule has 2 heterocycles. The van der Waals surface area contributed by atoms with Gasteiger partial charge >= 0.3 is 0 Å². The molecule has 0 aliphatic carbocycles. The number of fused-ring (bicyclic) bond motifs is 6. The molecule has 0 fully saturated rings. The lowest BCUT2D eigenvalue weighted by atomic mass is 10.2. The molecule has 0 spiro atoms. The summed E-state index contributed by atoms with van der Waals surface area (Å²) in [4.78, 5) is 0. The molecule has 32 heavy (non-hydrogen) atoms. The number of rotatable bonds is 0. The molecule has 154 valence electrons. The van der Waals surface area contributed by atoms with Crippen LogP contribution in [0.3, 0.4) is 0 Å². The molecule has 6 heteroatoms. The number of hydrogen-bond acceptors (Lipinski definition) is 4. The van der Waals surface area contributed by atoms with Crippen molar-refractivity contribution in [2.75, 3.05) is 0 Å². The van der Waals surface area contributed by atoms with Crippen molar-refractivity contribution in [3.05, 3.63) is 97.1 Å².